The van der Waals surface area contributed by atoms with E-state index in [1.165, 1.54) is 12.1 Å². The molecule has 0 heterocycles. The van der Waals surface area contributed by atoms with Crippen LogP contribution in [-0.4, -0.2) is 0 Å². The molecule has 0 N–H and O–H groups in total. The van der Waals surface area contributed by atoms with E-state index in [9.17, 15) is 4.39 Å². The van der Waals surface area contributed by atoms with Gasteiger partial charge in [0.05, 0.1) is 0 Å². The largest absolute Gasteiger partial charge is 0.207 e. The molecule has 9 heavy (non-hydrogen) atoms. The Morgan fingerprint density at radius 2 is 2.11 bits per heavy atom. The summed E-state index contributed by atoms with van der Waals surface area (Å²) in [7, 11) is 0. The third-order valence-electron chi connectivity index (χ3n) is 1.30. The van der Waals surface area contributed by atoms with Crippen LogP contribution in [0.15, 0.2) is 18.2 Å². The molecule has 0 spiro atoms. The summed E-state index contributed by atoms with van der Waals surface area (Å²) in [5.74, 6) is -0.195. The molecule has 0 aliphatic heterocycles. The van der Waals surface area contributed by atoms with Crippen molar-refractivity contribution in [1.82, 2.24) is 0 Å². The lowest BCUT2D eigenvalue weighted by atomic mass is 10.1. The van der Waals surface area contributed by atoms with Crippen molar-refractivity contribution in [3.63, 3.8) is 0 Å². The van der Waals surface area contributed by atoms with Gasteiger partial charge in [0.2, 0.25) is 0 Å². The quantitative estimate of drug-likeness (QED) is 0.496. The molecule has 0 unspecified atom stereocenters. The summed E-state index contributed by atoms with van der Waals surface area (Å²) in [4.78, 5) is 0. The first-order valence-corrected chi connectivity index (χ1v) is 2.78. The van der Waals surface area contributed by atoms with Gasteiger partial charge in [0.25, 0.3) is 0 Å². The van der Waals surface area contributed by atoms with E-state index in [-0.39, 0.29) is 5.82 Å². The van der Waals surface area contributed by atoms with Gasteiger partial charge in [-0.05, 0) is 37.1 Å². The molecular formula is C8H8F. The van der Waals surface area contributed by atoms with E-state index in [2.05, 4.69) is 6.92 Å². The summed E-state index contributed by atoms with van der Waals surface area (Å²) >= 11 is 0. The van der Waals surface area contributed by atoms with Crippen LogP contribution in [0.5, 0.6) is 0 Å². The Balaban J connectivity index is 3.17. The minimum atomic E-state index is -0.195. The molecule has 1 rings (SSSR count). The highest BCUT2D eigenvalue weighted by Crippen LogP contribution is 2.07. The zero-order valence-corrected chi connectivity index (χ0v) is 5.32. The molecule has 0 nitrogen and oxygen atoms in total. The molecule has 0 aromatic heterocycles. The van der Waals surface area contributed by atoms with Gasteiger partial charge in [0.15, 0.2) is 0 Å². The number of hydrogen-bond acceptors (Lipinski definition) is 0. The molecule has 0 fully saturated rings. The number of rotatable bonds is 0. The summed E-state index contributed by atoms with van der Waals surface area (Å²) in [6.07, 6.45) is 0. The molecule has 0 bridgehead atoms. The number of hydrogen-bond donors (Lipinski definition) is 0. The minimum absolute atomic E-state index is 0.195. The molecule has 0 atom stereocenters. The van der Waals surface area contributed by atoms with E-state index in [0.717, 1.165) is 11.1 Å². The second kappa shape index (κ2) is 2.18. The van der Waals surface area contributed by atoms with Crippen molar-refractivity contribution in [2.45, 2.75) is 6.92 Å². The van der Waals surface area contributed by atoms with Crippen molar-refractivity contribution < 1.29 is 4.39 Å². The molecule has 0 aliphatic carbocycles. The molecule has 1 heteroatoms. The maximum atomic E-state index is 12.3. The van der Waals surface area contributed by atoms with Crippen molar-refractivity contribution in [3.8, 4) is 0 Å². The zero-order chi connectivity index (χ0) is 6.85. The Bertz CT molecular complexity index is 216. The maximum absolute atomic E-state index is 12.3. The summed E-state index contributed by atoms with van der Waals surface area (Å²) < 4.78 is 12.3. The maximum Gasteiger partial charge on any atom is 0.123 e. The third kappa shape index (κ3) is 1.28. The highest BCUT2D eigenvalue weighted by atomic mass is 19.1. The lowest BCUT2D eigenvalue weighted by Crippen LogP contribution is -1.80. The van der Waals surface area contributed by atoms with E-state index in [4.69, 9.17) is 0 Å². The molecule has 1 aromatic carbocycles. The SMILES string of the molecule is [CH2]c1ccc(F)cc1C. The van der Waals surface area contributed by atoms with Crippen molar-refractivity contribution in [2.24, 2.45) is 0 Å². The Kier molecular flexibility index (Phi) is 1.52. The van der Waals surface area contributed by atoms with Crippen molar-refractivity contribution >= 4 is 0 Å². The highest BCUT2D eigenvalue weighted by molar-refractivity contribution is 5.28. The van der Waals surface area contributed by atoms with E-state index in [0.29, 0.717) is 0 Å². The fraction of sp³-hybridized carbons (Fsp3) is 0.125. The summed E-state index contributed by atoms with van der Waals surface area (Å²) in [6, 6.07) is 4.56. The van der Waals surface area contributed by atoms with Crippen LogP contribution < -0.4 is 0 Å². The van der Waals surface area contributed by atoms with Gasteiger partial charge in [-0.3, -0.25) is 0 Å². The lowest BCUT2D eigenvalue weighted by Gasteiger charge is -1.95. The Hall–Kier alpha value is -0.850. The predicted octanol–water partition coefficient (Wildman–Crippen LogP) is 2.32. The van der Waals surface area contributed by atoms with Gasteiger partial charge in [0, 0.05) is 0 Å². The molecule has 0 amide bonds. The molecule has 0 saturated carbocycles. The van der Waals surface area contributed by atoms with Crippen LogP contribution in [0.4, 0.5) is 4.39 Å². The third-order valence-corrected chi connectivity index (χ3v) is 1.30. The lowest BCUT2D eigenvalue weighted by molar-refractivity contribution is 0.626. The van der Waals surface area contributed by atoms with Crippen molar-refractivity contribution in [3.05, 3.63) is 42.1 Å². The van der Waals surface area contributed by atoms with E-state index in [1.807, 2.05) is 6.92 Å². The fourth-order valence-electron chi connectivity index (χ4n) is 0.659. The summed E-state index contributed by atoms with van der Waals surface area (Å²) in [5.41, 5.74) is 1.78. The van der Waals surface area contributed by atoms with Crippen LogP contribution in [0, 0.1) is 19.7 Å². The Morgan fingerprint density at radius 3 is 2.56 bits per heavy atom. The van der Waals surface area contributed by atoms with Crippen LogP contribution >= 0.6 is 0 Å². The van der Waals surface area contributed by atoms with Gasteiger partial charge in [-0.2, -0.15) is 0 Å². The van der Waals surface area contributed by atoms with E-state index < -0.39 is 0 Å². The van der Waals surface area contributed by atoms with Crippen molar-refractivity contribution in [2.75, 3.05) is 0 Å². The fourth-order valence-corrected chi connectivity index (χ4v) is 0.659. The summed E-state index contributed by atoms with van der Waals surface area (Å²) in [6.45, 7) is 5.53. The van der Waals surface area contributed by atoms with Gasteiger partial charge < -0.3 is 0 Å². The van der Waals surface area contributed by atoms with Gasteiger partial charge in [-0.1, -0.05) is 6.07 Å². The second-order valence-corrected chi connectivity index (χ2v) is 2.07. The van der Waals surface area contributed by atoms with E-state index in [1.54, 1.807) is 6.07 Å². The summed E-state index contributed by atoms with van der Waals surface area (Å²) in [5, 5.41) is 0. The molecule has 1 radical (unpaired) electrons. The van der Waals surface area contributed by atoms with Gasteiger partial charge in [0.1, 0.15) is 5.82 Å². The smallest absolute Gasteiger partial charge is 0.123 e. The normalized spacial score (nSPS) is 9.67. The topological polar surface area (TPSA) is 0 Å². The first kappa shape index (κ1) is 6.27. The van der Waals surface area contributed by atoms with Gasteiger partial charge >= 0.3 is 0 Å². The van der Waals surface area contributed by atoms with E-state index >= 15 is 0 Å². The zero-order valence-electron chi connectivity index (χ0n) is 5.32. The number of aryl methyl sites for hydroxylation is 1. The Morgan fingerprint density at radius 1 is 1.44 bits per heavy atom. The Labute approximate surface area is 54.3 Å². The number of halogens is 1. The monoisotopic (exact) mass is 123 g/mol. The minimum Gasteiger partial charge on any atom is -0.207 e. The van der Waals surface area contributed by atoms with Gasteiger partial charge in [-0.25, -0.2) is 4.39 Å². The van der Waals surface area contributed by atoms with Crippen molar-refractivity contribution in [1.29, 1.82) is 0 Å². The molecule has 1 aromatic rings. The predicted molar refractivity (Wildman–Crippen MR) is 35.6 cm³/mol. The highest BCUT2D eigenvalue weighted by Gasteiger charge is 1.91. The molecule has 47 valence electrons. The first-order valence-electron chi connectivity index (χ1n) is 2.78. The first-order chi connectivity index (χ1) is 4.20. The average molecular weight is 123 g/mol. The van der Waals surface area contributed by atoms with Crippen LogP contribution in [-0.2, 0) is 0 Å². The molecular weight excluding hydrogens is 115 g/mol. The molecule has 0 aliphatic rings. The number of benzene rings is 1. The average Bonchev–Trinajstić information content (AvgIpc) is 1.80. The van der Waals surface area contributed by atoms with Crippen LogP contribution in [0.1, 0.15) is 11.1 Å². The van der Waals surface area contributed by atoms with Gasteiger partial charge in [-0.15, -0.1) is 0 Å². The second-order valence-electron chi connectivity index (χ2n) is 2.07. The van der Waals surface area contributed by atoms with Crippen LogP contribution in [0.2, 0.25) is 0 Å². The van der Waals surface area contributed by atoms with Crippen LogP contribution in [0.25, 0.3) is 0 Å². The molecule has 0 saturated heterocycles. The van der Waals surface area contributed by atoms with Crippen LogP contribution in [0.3, 0.4) is 0 Å². The standard InChI is InChI=1S/C8H8F/c1-6-3-4-8(9)5-7(6)2/h3-5H,1H2,2H3.